The number of aromatic amines is 1. The Morgan fingerprint density at radius 2 is 2.05 bits per heavy atom. The maximum Gasteiger partial charge on any atom is 0.245 e. The molecule has 5 nitrogen and oxygen atoms in total. The molecule has 20 heavy (non-hydrogen) atoms. The maximum absolute atomic E-state index is 12.2. The van der Waals surface area contributed by atoms with Gasteiger partial charge in [0.1, 0.15) is 12.1 Å². The lowest BCUT2D eigenvalue weighted by Gasteiger charge is -2.40. The highest BCUT2D eigenvalue weighted by molar-refractivity contribution is 5.98. The van der Waals surface area contributed by atoms with Crippen LogP contribution in [0.25, 0.3) is 10.9 Å². The fourth-order valence-corrected chi connectivity index (χ4v) is 3.29. The van der Waals surface area contributed by atoms with Crippen molar-refractivity contribution in [3.8, 4) is 0 Å². The van der Waals surface area contributed by atoms with E-state index in [9.17, 15) is 9.59 Å². The molecule has 2 N–H and O–H groups in total. The van der Waals surface area contributed by atoms with Gasteiger partial charge in [-0.05, 0) is 18.6 Å². The molecule has 2 aliphatic rings. The van der Waals surface area contributed by atoms with Crippen molar-refractivity contribution >= 4 is 22.7 Å². The first-order chi connectivity index (χ1) is 9.65. The Morgan fingerprint density at radius 1 is 1.25 bits per heavy atom. The molecule has 0 radical (unpaired) electrons. The number of H-pyrrole nitrogens is 1. The monoisotopic (exact) mass is 269 g/mol. The first-order valence-corrected chi connectivity index (χ1v) is 6.84. The van der Waals surface area contributed by atoms with E-state index in [0.29, 0.717) is 13.0 Å². The van der Waals surface area contributed by atoms with E-state index >= 15 is 0 Å². The second kappa shape index (κ2) is 3.85. The summed E-state index contributed by atoms with van der Waals surface area (Å²) in [5.74, 6) is -0.0491. The van der Waals surface area contributed by atoms with Crippen LogP contribution in [-0.2, 0) is 22.6 Å². The zero-order chi connectivity index (χ0) is 13.9. The lowest BCUT2D eigenvalue weighted by molar-refractivity contribution is -0.150. The molecular formula is C15H15N3O2. The van der Waals surface area contributed by atoms with Gasteiger partial charge in [0.25, 0.3) is 0 Å². The first-order valence-electron chi connectivity index (χ1n) is 6.84. The van der Waals surface area contributed by atoms with Crippen molar-refractivity contribution in [2.45, 2.75) is 32.0 Å². The van der Waals surface area contributed by atoms with Gasteiger partial charge in [-0.25, -0.2) is 0 Å². The van der Waals surface area contributed by atoms with Gasteiger partial charge < -0.3 is 15.2 Å². The molecule has 0 aliphatic carbocycles. The van der Waals surface area contributed by atoms with Crippen molar-refractivity contribution in [3.63, 3.8) is 0 Å². The predicted octanol–water partition coefficient (Wildman–Crippen LogP) is 0.940. The highest BCUT2D eigenvalue weighted by Gasteiger charge is 2.42. The van der Waals surface area contributed by atoms with Crippen molar-refractivity contribution in [2.24, 2.45) is 0 Å². The zero-order valence-corrected chi connectivity index (χ0v) is 11.1. The van der Waals surface area contributed by atoms with E-state index in [0.717, 1.165) is 16.6 Å². The smallest absolute Gasteiger partial charge is 0.245 e. The average molecular weight is 269 g/mol. The Hall–Kier alpha value is -2.30. The average Bonchev–Trinajstić information content (AvgIpc) is 2.81. The molecule has 5 heteroatoms. The van der Waals surface area contributed by atoms with Gasteiger partial charge in [0, 0.05) is 23.0 Å². The largest absolute Gasteiger partial charge is 0.357 e. The molecule has 102 valence electrons. The standard InChI is InChI=1S/C15H15N3O2/c1-8-15(20)18-7-12-10(6-13(18)14(19)16-8)9-4-2-3-5-11(9)17-12/h2-5,8,13,17H,6-7H2,1H3,(H,16,19)/t8-,13-/m0/s1. The van der Waals surface area contributed by atoms with Gasteiger partial charge in [-0.3, -0.25) is 9.59 Å². The SMILES string of the molecule is C[C@@H]1NC(=O)[C@@H]2Cc3c([nH]c4ccccc34)CN2C1=O. The van der Waals surface area contributed by atoms with Gasteiger partial charge in [0.15, 0.2) is 0 Å². The number of amides is 2. The number of nitrogens with one attached hydrogen (secondary N) is 2. The van der Waals surface area contributed by atoms with E-state index in [1.54, 1.807) is 11.8 Å². The summed E-state index contributed by atoms with van der Waals surface area (Å²) in [5, 5.41) is 3.91. The van der Waals surface area contributed by atoms with Gasteiger partial charge in [0.2, 0.25) is 11.8 Å². The fourth-order valence-electron chi connectivity index (χ4n) is 3.29. The van der Waals surface area contributed by atoms with E-state index < -0.39 is 6.04 Å². The van der Waals surface area contributed by atoms with Gasteiger partial charge in [0.05, 0.1) is 6.54 Å². The van der Waals surface area contributed by atoms with E-state index in [1.807, 2.05) is 18.2 Å². The Bertz CT molecular complexity index is 734. The molecule has 0 spiro atoms. The second-order valence-electron chi connectivity index (χ2n) is 5.54. The van der Waals surface area contributed by atoms with E-state index in [2.05, 4.69) is 16.4 Å². The van der Waals surface area contributed by atoms with Crippen LogP contribution in [0.15, 0.2) is 24.3 Å². The normalized spacial score (nSPS) is 25.4. The number of nitrogens with zero attached hydrogens (tertiary/aromatic N) is 1. The Labute approximate surface area is 115 Å². The third kappa shape index (κ3) is 1.43. The van der Waals surface area contributed by atoms with Gasteiger partial charge in [-0.2, -0.15) is 0 Å². The summed E-state index contributed by atoms with van der Waals surface area (Å²) in [7, 11) is 0. The molecule has 0 saturated carbocycles. The van der Waals surface area contributed by atoms with Crippen LogP contribution in [0.5, 0.6) is 0 Å². The first kappa shape index (κ1) is 11.5. The summed E-state index contributed by atoms with van der Waals surface area (Å²) >= 11 is 0. The molecule has 0 unspecified atom stereocenters. The number of para-hydroxylation sites is 1. The predicted molar refractivity (Wildman–Crippen MR) is 73.9 cm³/mol. The number of carbonyl (C=O) groups excluding carboxylic acids is 2. The highest BCUT2D eigenvalue weighted by atomic mass is 16.2. The third-order valence-electron chi connectivity index (χ3n) is 4.32. The van der Waals surface area contributed by atoms with Crippen LogP contribution in [0.2, 0.25) is 0 Å². The minimum atomic E-state index is -0.426. The van der Waals surface area contributed by atoms with Gasteiger partial charge >= 0.3 is 0 Å². The Kier molecular flexibility index (Phi) is 2.22. The quantitative estimate of drug-likeness (QED) is 0.747. The summed E-state index contributed by atoms with van der Waals surface area (Å²) in [6.45, 7) is 2.22. The van der Waals surface area contributed by atoms with Crippen molar-refractivity contribution < 1.29 is 9.59 Å². The Morgan fingerprint density at radius 3 is 2.90 bits per heavy atom. The number of hydrogen-bond acceptors (Lipinski definition) is 2. The maximum atomic E-state index is 12.2. The van der Waals surface area contributed by atoms with Crippen LogP contribution in [0.4, 0.5) is 0 Å². The number of benzene rings is 1. The molecule has 1 aromatic heterocycles. The molecule has 3 heterocycles. The van der Waals surface area contributed by atoms with Crippen molar-refractivity contribution in [3.05, 3.63) is 35.5 Å². The van der Waals surface area contributed by atoms with E-state index in [1.165, 1.54) is 5.56 Å². The molecule has 2 atom stereocenters. The van der Waals surface area contributed by atoms with E-state index in [4.69, 9.17) is 0 Å². The van der Waals surface area contributed by atoms with Gasteiger partial charge in [-0.15, -0.1) is 0 Å². The number of aromatic nitrogens is 1. The molecule has 0 bridgehead atoms. The summed E-state index contributed by atoms with van der Waals surface area (Å²) in [4.78, 5) is 29.4. The van der Waals surface area contributed by atoms with Crippen LogP contribution in [0, 0.1) is 0 Å². The number of rotatable bonds is 0. The van der Waals surface area contributed by atoms with Crippen molar-refractivity contribution in [1.82, 2.24) is 15.2 Å². The van der Waals surface area contributed by atoms with Crippen LogP contribution in [0.1, 0.15) is 18.2 Å². The van der Waals surface area contributed by atoms with Gasteiger partial charge in [-0.1, -0.05) is 18.2 Å². The second-order valence-corrected chi connectivity index (χ2v) is 5.54. The van der Waals surface area contributed by atoms with E-state index in [-0.39, 0.29) is 17.9 Å². The number of fused-ring (bicyclic) bond motifs is 4. The molecule has 2 aliphatic heterocycles. The Balaban J connectivity index is 1.84. The van der Waals surface area contributed by atoms with Crippen LogP contribution >= 0.6 is 0 Å². The molecule has 1 saturated heterocycles. The summed E-state index contributed by atoms with van der Waals surface area (Å²) in [6.07, 6.45) is 0.587. The zero-order valence-electron chi connectivity index (χ0n) is 11.1. The minimum absolute atomic E-state index is 0.00101. The fraction of sp³-hybridized carbons (Fsp3) is 0.333. The van der Waals surface area contributed by atoms with Crippen LogP contribution < -0.4 is 5.32 Å². The van der Waals surface area contributed by atoms with Crippen LogP contribution in [0.3, 0.4) is 0 Å². The third-order valence-corrected chi connectivity index (χ3v) is 4.32. The number of hydrogen-bond donors (Lipinski definition) is 2. The lowest BCUT2D eigenvalue weighted by atomic mass is 9.93. The number of piperazine rings is 1. The molecule has 1 fully saturated rings. The molecular weight excluding hydrogens is 254 g/mol. The molecule has 2 amide bonds. The summed E-state index contributed by atoms with van der Waals surface area (Å²) in [5.41, 5.74) is 3.29. The summed E-state index contributed by atoms with van der Waals surface area (Å²) < 4.78 is 0. The molecule has 4 rings (SSSR count). The number of carbonyl (C=O) groups is 2. The lowest BCUT2D eigenvalue weighted by Crippen LogP contribution is -2.63. The topological polar surface area (TPSA) is 65.2 Å². The molecule has 1 aromatic carbocycles. The summed E-state index contributed by atoms with van der Waals surface area (Å²) in [6, 6.07) is 7.27. The van der Waals surface area contributed by atoms with Crippen LogP contribution in [-0.4, -0.2) is 33.8 Å². The van der Waals surface area contributed by atoms with Crippen molar-refractivity contribution in [1.29, 1.82) is 0 Å². The molecule has 2 aromatic rings. The minimum Gasteiger partial charge on any atom is -0.357 e. The van der Waals surface area contributed by atoms with Crippen molar-refractivity contribution in [2.75, 3.05) is 0 Å². The highest BCUT2D eigenvalue weighted by Crippen LogP contribution is 2.31.